The molecule has 0 saturated carbocycles. The summed E-state index contributed by atoms with van der Waals surface area (Å²) in [5.41, 5.74) is -0.481. The Morgan fingerprint density at radius 1 is 1.77 bits per heavy atom. The minimum atomic E-state index is -0.481. The lowest BCUT2D eigenvalue weighted by Crippen LogP contribution is -2.46. The lowest BCUT2D eigenvalue weighted by molar-refractivity contribution is 0.187. The van der Waals surface area contributed by atoms with Crippen LogP contribution in [-0.2, 0) is 0 Å². The maximum atomic E-state index is 11.4. The molecular weight excluding hydrogens is 166 g/mol. The van der Waals surface area contributed by atoms with Gasteiger partial charge in [-0.2, -0.15) is 0 Å². The minimum Gasteiger partial charge on any atom is -0.308 e. The molecule has 4 heteroatoms. The average Bonchev–Trinajstić information content (AvgIpc) is 2.31. The van der Waals surface area contributed by atoms with Gasteiger partial charge < -0.3 is 4.90 Å². The van der Waals surface area contributed by atoms with E-state index in [4.69, 9.17) is 5.41 Å². The summed E-state index contributed by atoms with van der Waals surface area (Å²) in [4.78, 5) is 13.0. The maximum Gasteiger partial charge on any atom is 0.323 e. The standard InChI is InChI=1S/C9H15N3O/c1-4-6-12-8(13)11-7(10)9(12,3)5-2/h4H,1,5-6H2,2-3H3,(H2,10,11,13). The minimum absolute atomic E-state index is 0.200. The van der Waals surface area contributed by atoms with Gasteiger partial charge in [0.2, 0.25) is 0 Å². The molecule has 0 spiro atoms. The number of amides is 2. The number of nitrogens with one attached hydrogen (secondary N) is 2. The van der Waals surface area contributed by atoms with E-state index in [1.165, 1.54) is 0 Å². The molecule has 13 heavy (non-hydrogen) atoms. The van der Waals surface area contributed by atoms with Gasteiger partial charge in [-0.1, -0.05) is 13.0 Å². The highest BCUT2D eigenvalue weighted by atomic mass is 16.2. The topological polar surface area (TPSA) is 56.2 Å². The van der Waals surface area contributed by atoms with Crippen molar-refractivity contribution >= 4 is 11.9 Å². The van der Waals surface area contributed by atoms with Gasteiger partial charge in [0.25, 0.3) is 0 Å². The summed E-state index contributed by atoms with van der Waals surface area (Å²) in [5, 5.41) is 10.1. The summed E-state index contributed by atoms with van der Waals surface area (Å²) in [6.45, 7) is 7.92. The van der Waals surface area contributed by atoms with Crippen LogP contribution in [0.25, 0.3) is 0 Å². The Labute approximate surface area is 78.1 Å². The molecule has 0 aromatic heterocycles. The molecule has 1 atom stereocenters. The third-order valence-corrected chi connectivity index (χ3v) is 2.61. The molecule has 1 aliphatic heterocycles. The number of amidine groups is 1. The summed E-state index contributed by atoms with van der Waals surface area (Å²) < 4.78 is 0. The molecule has 1 fully saturated rings. The van der Waals surface area contributed by atoms with E-state index in [-0.39, 0.29) is 11.9 Å². The second-order valence-corrected chi connectivity index (χ2v) is 3.33. The number of nitrogens with zero attached hydrogens (tertiary/aromatic N) is 1. The van der Waals surface area contributed by atoms with Crippen molar-refractivity contribution in [3.63, 3.8) is 0 Å². The molecule has 4 nitrogen and oxygen atoms in total. The van der Waals surface area contributed by atoms with E-state index in [1.807, 2.05) is 13.8 Å². The number of hydrogen-bond acceptors (Lipinski definition) is 2. The molecule has 0 bridgehead atoms. The Kier molecular flexibility index (Phi) is 2.40. The molecule has 1 aliphatic rings. The lowest BCUT2D eigenvalue weighted by atomic mass is 9.97. The first-order chi connectivity index (χ1) is 6.06. The molecule has 72 valence electrons. The largest absolute Gasteiger partial charge is 0.323 e. The van der Waals surface area contributed by atoms with Crippen LogP contribution in [0.15, 0.2) is 12.7 Å². The van der Waals surface area contributed by atoms with Gasteiger partial charge in [-0.05, 0) is 13.3 Å². The van der Waals surface area contributed by atoms with Crippen molar-refractivity contribution in [2.24, 2.45) is 0 Å². The molecule has 2 N–H and O–H groups in total. The molecule has 0 radical (unpaired) electrons. The zero-order valence-electron chi connectivity index (χ0n) is 8.05. The molecule has 2 amide bonds. The number of urea groups is 1. The third-order valence-electron chi connectivity index (χ3n) is 2.61. The molecule has 1 unspecified atom stereocenters. The van der Waals surface area contributed by atoms with Crippen LogP contribution in [0, 0.1) is 5.41 Å². The Balaban J connectivity index is 2.95. The monoisotopic (exact) mass is 181 g/mol. The average molecular weight is 181 g/mol. The van der Waals surface area contributed by atoms with E-state index in [2.05, 4.69) is 11.9 Å². The lowest BCUT2D eigenvalue weighted by Gasteiger charge is -2.31. The van der Waals surface area contributed by atoms with E-state index < -0.39 is 5.54 Å². The van der Waals surface area contributed by atoms with E-state index in [1.54, 1.807) is 11.0 Å². The van der Waals surface area contributed by atoms with Gasteiger partial charge >= 0.3 is 6.03 Å². The van der Waals surface area contributed by atoms with Gasteiger partial charge in [0.05, 0.1) is 5.54 Å². The molecule has 1 saturated heterocycles. The summed E-state index contributed by atoms with van der Waals surface area (Å²) in [5.74, 6) is 0.279. The first kappa shape index (κ1) is 9.77. The normalized spacial score (nSPS) is 27.7. The summed E-state index contributed by atoms with van der Waals surface area (Å²) in [6.07, 6.45) is 2.41. The molecule has 1 rings (SSSR count). The van der Waals surface area contributed by atoms with Crippen LogP contribution in [0.4, 0.5) is 4.79 Å². The molecule has 0 aliphatic carbocycles. The van der Waals surface area contributed by atoms with Crippen molar-refractivity contribution in [3.05, 3.63) is 12.7 Å². The van der Waals surface area contributed by atoms with Gasteiger partial charge in [-0.25, -0.2) is 4.79 Å². The SMILES string of the molecule is C=CCN1C(=O)NC(=N)C1(C)CC. The quantitative estimate of drug-likeness (QED) is 0.634. The van der Waals surface area contributed by atoms with Gasteiger partial charge in [0.15, 0.2) is 0 Å². The van der Waals surface area contributed by atoms with Gasteiger partial charge in [0.1, 0.15) is 5.84 Å². The smallest absolute Gasteiger partial charge is 0.308 e. The number of carbonyl (C=O) groups excluding carboxylic acids is 1. The van der Waals surface area contributed by atoms with Crippen molar-refractivity contribution in [2.45, 2.75) is 25.8 Å². The predicted octanol–water partition coefficient (Wildman–Crippen LogP) is 1.34. The maximum absolute atomic E-state index is 11.4. The fraction of sp³-hybridized carbons (Fsp3) is 0.556. The van der Waals surface area contributed by atoms with Gasteiger partial charge in [0, 0.05) is 6.54 Å². The Bertz CT molecular complexity index is 262. The molecule has 0 aromatic rings. The van der Waals surface area contributed by atoms with Crippen molar-refractivity contribution in [3.8, 4) is 0 Å². The van der Waals surface area contributed by atoms with Crippen LogP contribution < -0.4 is 5.32 Å². The van der Waals surface area contributed by atoms with E-state index in [9.17, 15) is 4.79 Å². The predicted molar refractivity (Wildman–Crippen MR) is 51.9 cm³/mol. The second-order valence-electron chi connectivity index (χ2n) is 3.33. The second kappa shape index (κ2) is 3.20. The van der Waals surface area contributed by atoms with E-state index in [0.717, 1.165) is 6.42 Å². The Morgan fingerprint density at radius 2 is 2.38 bits per heavy atom. The fourth-order valence-corrected chi connectivity index (χ4v) is 1.45. The van der Waals surface area contributed by atoms with Crippen molar-refractivity contribution in [2.75, 3.05) is 6.54 Å². The highest BCUT2D eigenvalue weighted by molar-refractivity contribution is 6.08. The molecule has 0 aromatic carbocycles. The third kappa shape index (κ3) is 1.32. The highest BCUT2D eigenvalue weighted by Gasteiger charge is 2.44. The van der Waals surface area contributed by atoms with Crippen molar-refractivity contribution in [1.82, 2.24) is 10.2 Å². The van der Waals surface area contributed by atoms with Crippen molar-refractivity contribution in [1.29, 1.82) is 5.41 Å². The van der Waals surface area contributed by atoms with Crippen LogP contribution in [0.5, 0.6) is 0 Å². The zero-order chi connectivity index (χ0) is 10.1. The van der Waals surface area contributed by atoms with Crippen LogP contribution in [0.3, 0.4) is 0 Å². The van der Waals surface area contributed by atoms with Crippen LogP contribution in [0.2, 0.25) is 0 Å². The summed E-state index contributed by atoms with van der Waals surface area (Å²) in [6, 6.07) is -0.200. The summed E-state index contributed by atoms with van der Waals surface area (Å²) in [7, 11) is 0. The summed E-state index contributed by atoms with van der Waals surface area (Å²) >= 11 is 0. The van der Waals surface area contributed by atoms with Crippen LogP contribution in [-0.4, -0.2) is 28.9 Å². The number of rotatable bonds is 3. The fourth-order valence-electron chi connectivity index (χ4n) is 1.45. The van der Waals surface area contributed by atoms with Gasteiger partial charge in [-0.15, -0.1) is 6.58 Å². The van der Waals surface area contributed by atoms with Crippen LogP contribution >= 0.6 is 0 Å². The highest BCUT2D eigenvalue weighted by Crippen LogP contribution is 2.24. The Hall–Kier alpha value is -1.32. The van der Waals surface area contributed by atoms with E-state index >= 15 is 0 Å². The first-order valence-corrected chi connectivity index (χ1v) is 4.34. The van der Waals surface area contributed by atoms with E-state index in [0.29, 0.717) is 6.54 Å². The number of hydrogen-bond donors (Lipinski definition) is 2. The van der Waals surface area contributed by atoms with Gasteiger partial charge in [-0.3, -0.25) is 10.7 Å². The Morgan fingerprint density at radius 3 is 2.85 bits per heavy atom. The first-order valence-electron chi connectivity index (χ1n) is 4.34. The molecular formula is C9H15N3O. The number of carbonyl (C=O) groups is 1. The zero-order valence-corrected chi connectivity index (χ0v) is 8.05. The van der Waals surface area contributed by atoms with Crippen molar-refractivity contribution < 1.29 is 4.79 Å². The van der Waals surface area contributed by atoms with Crippen LogP contribution in [0.1, 0.15) is 20.3 Å². The molecule has 1 heterocycles.